The van der Waals surface area contributed by atoms with Crippen LogP contribution >= 0.6 is 0 Å². The van der Waals surface area contributed by atoms with Crippen molar-refractivity contribution in [1.29, 1.82) is 0 Å². The van der Waals surface area contributed by atoms with Gasteiger partial charge in [0.25, 0.3) is 0 Å². The van der Waals surface area contributed by atoms with Gasteiger partial charge in [-0.15, -0.1) is 0 Å². The Morgan fingerprint density at radius 3 is 2.12 bits per heavy atom. The molecule has 0 aliphatic carbocycles. The van der Waals surface area contributed by atoms with E-state index in [2.05, 4.69) is 4.99 Å². The second kappa shape index (κ2) is 7.93. The average molecular weight is 351 g/mol. The Labute approximate surface area is 149 Å². The molecule has 0 spiro atoms. The van der Waals surface area contributed by atoms with Gasteiger partial charge < -0.3 is 9.47 Å². The zero-order valence-corrected chi connectivity index (χ0v) is 16.3. The van der Waals surface area contributed by atoms with Crippen molar-refractivity contribution in [3.8, 4) is 0 Å². The van der Waals surface area contributed by atoms with Crippen LogP contribution in [0.2, 0.25) is 0 Å². The third kappa shape index (κ3) is 5.80. The quantitative estimate of drug-likeness (QED) is 0.709. The SMILES string of the molecule is CCC1=C(OC(=O)C(C)(C)C)C(=O)C(CCOC(=O)C(C)(C)C)C=N1. The largest absolute Gasteiger partial charge is 0.465 e. The fourth-order valence-electron chi connectivity index (χ4n) is 1.92. The van der Waals surface area contributed by atoms with E-state index in [9.17, 15) is 14.4 Å². The highest BCUT2D eigenvalue weighted by Crippen LogP contribution is 2.26. The zero-order chi connectivity index (χ0) is 19.4. The van der Waals surface area contributed by atoms with Gasteiger partial charge in [0, 0.05) is 6.21 Å². The minimum absolute atomic E-state index is 0.0112. The molecular formula is C19H29NO5. The minimum atomic E-state index is -0.717. The van der Waals surface area contributed by atoms with E-state index in [1.807, 2.05) is 6.92 Å². The molecule has 0 aromatic heterocycles. The molecule has 6 nitrogen and oxygen atoms in total. The molecule has 0 fully saturated rings. The highest BCUT2D eigenvalue weighted by atomic mass is 16.5. The highest BCUT2D eigenvalue weighted by Gasteiger charge is 2.33. The Hall–Kier alpha value is -1.98. The van der Waals surface area contributed by atoms with Crippen LogP contribution < -0.4 is 0 Å². The van der Waals surface area contributed by atoms with E-state index in [1.54, 1.807) is 47.8 Å². The molecule has 25 heavy (non-hydrogen) atoms. The fraction of sp³-hybridized carbons (Fsp3) is 0.684. The van der Waals surface area contributed by atoms with Crippen molar-refractivity contribution in [2.45, 2.75) is 61.3 Å². The summed E-state index contributed by atoms with van der Waals surface area (Å²) in [6, 6.07) is 0. The first-order valence-corrected chi connectivity index (χ1v) is 8.59. The number of carbonyl (C=O) groups excluding carboxylic acids is 3. The maximum Gasteiger partial charge on any atom is 0.316 e. The molecule has 0 saturated carbocycles. The smallest absolute Gasteiger partial charge is 0.316 e. The third-order valence-electron chi connectivity index (χ3n) is 3.65. The summed E-state index contributed by atoms with van der Waals surface area (Å²) in [4.78, 5) is 40.8. The summed E-state index contributed by atoms with van der Waals surface area (Å²) in [5, 5.41) is 0. The van der Waals surface area contributed by atoms with Gasteiger partial charge >= 0.3 is 11.9 Å². The standard InChI is InChI=1S/C19H29NO5/c1-8-13-15(25-17(23)19(5,6)7)14(21)12(11-20-13)9-10-24-16(22)18(2,3)4/h11-12H,8-10H2,1-7H3. The number of ether oxygens (including phenoxy) is 2. The van der Waals surface area contributed by atoms with Gasteiger partial charge in [0.05, 0.1) is 29.1 Å². The van der Waals surface area contributed by atoms with Crippen molar-refractivity contribution in [3.63, 3.8) is 0 Å². The number of rotatable bonds is 5. The summed E-state index contributed by atoms with van der Waals surface area (Å²) in [5.74, 6) is -1.65. The highest BCUT2D eigenvalue weighted by molar-refractivity contribution is 6.08. The normalized spacial score (nSPS) is 18.4. The predicted octanol–water partition coefficient (Wildman–Crippen LogP) is 3.45. The molecule has 1 unspecified atom stereocenters. The van der Waals surface area contributed by atoms with Crippen molar-refractivity contribution in [3.05, 3.63) is 11.5 Å². The van der Waals surface area contributed by atoms with Gasteiger partial charge in [-0.1, -0.05) is 6.92 Å². The van der Waals surface area contributed by atoms with Gasteiger partial charge in [-0.25, -0.2) is 0 Å². The number of allylic oxidation sites excluding steroid dienone is 2. The van der Waals surface area contributed by atoms with Crippen LogP contribution in [0.25, 0.3) is 0 Å². The second-order valence-electron chi connectivity index (χ2n) is 8.19. The van der Waals surface area contributed by atoms with Crippen molar-refractivity contribution in [1.82, 2.24) is 0 Å². The van der Waals surface area contributed by atoms with E-state index < -0.39 is 22.7 Å². The summed E-state index contributed by atoms with van der Waals surface area (Å²) in [7, 11) is 0. The molecule has 140 valence electrons. The molecule has 1 aliphatic rings. The van der Waals surface area contributed by atoms with Gasteiger partial charge in [0.15, 0.2) is 5.76 Å². The van der Waals surface area contributed by atoms with Crippen molar-refractivity contribution >= 4 is 23.9 Å². The lowest BCUT2D eigenvalue weighted by Crippen LogP contribution is -2.31. The second-order valence-corrected chi connectivity index (χ2v) is 8.19. The Kier molecular flexibility index (Phi) is 6.68. The number of aliphatic imine (C=N–C) groups is 1. The molecular weight excluding hydrogens is 322 g/mol. The summed E-state index contributed by atoms with van der Waals surface area (Å²) in [5.41, 5.74) is -0.844. The molecule has 1 heterocycles. The van der Waals surface area contributed by atoms with Crippen LogP contribution in [0.15, 0.2) is 16.4 Å². The van der Waals surface area contributed by atoms with Crippen molar-refractivity contribution in [2.24, 2.45) is 21.7 Å². The van der Waals surface area contributed by atoms with Crippen LogP contribution in [0, 0.1) is 16.7 Å². The zero-order valence-electron chi connectivity index (χ0n) is 16.3. The van der Waals surface area contributed by atoms with Crippen LogP contribution in [0.4, 0.5) is 0 Å². The Bertz CT molecular complexity index is 602. The van der Waals surface area contributed by atoms with E-state index in [0.717, 1.165) is 0 Å². The maximum atomic E-state index is 12.7. The molecule has 1 aliphatic heterocycles. The summed E-state index contributed by atoms with van der Waals surface area (Å²) >= 11 is 0. The fourth-order valence-corrected chi connectivity index (χ4v) is 1.92. The maximum absolute atomic E-state index is 12.7. The number of esters is 2. The topological polar surface area (TPSA) is 82.0 Å². The Balaban J connectivity index is 2.78. The van der Waals surface area contributed by atoms with Gasteiger partial charge in [-0.2, -0.15) is 0 Å². The van der Waals surface area contributed by atoms with Gasteiger partial charge in [0.1, 0.15) is 0 Å². The van der Waals surface area contributed by atoms with Crippen LogP contribution in [-0.2, 0) is 23.9 Å². The minimum Gasteiger partial charge on any atom is -0.465 e. The Morgan fingerprint density at radius 2 is 1.64 bits per heavy atom. The van der Waals surface area contributed by atoms with E-state index in [0.29, 0.717) is 18.5 Å². The van der Waals surface area contributed by atoms with Gasteiger partial charge in [-0.05, 0) is 54.4 Å². The lowest BCUT2D eigenvalue weighted by molar-refractivity contribution is -0.153. The number of carbonyl (C=O) groups is 3. The first-order chi connectivity index (χ1) is 11.4. The summed E-state index contributed by atoms with van der Waals surface area (Å²) < 4.78 is 10.6. The number of hydrogen-bond donors (Lipinski definition) is 0. The number of ketones is 1. The van der Waals surface area contributed by atoms with Crippen molar-refractivity contribution in [2.75, 3.05) is 6.61 Å². The molecule has 0 N–H and O–H groups in total. The van der Waals surface area contributed by atoms with Crippen LogP contribution in [0.3, 0.4) is 0 Å². The molecule has 1 rings (SSSR count). The molecule has 6 heteroatoms. The van der Waals surface area contributed by atoms with Crippen LogP contribution in [0.1, 0.15) is 61.3 Å². The van der Waals surface area contributed by atoms with Crippen molar-refractivity contribution < 1.29 is 23.9 Å². The van der Waals surface area contributed by atoms with Crippen LogP contribution in [-0.4, -0.2) is 30.5 Å². The molecule has 0 aromatic rings. The van der Waals surface area contributed by atoms with Crippen LogP contribution in [0.5, 0.6) is 0 Å². The number of hydrogen-bond acceptors (Lipinski definition) is 6. The molecule has 0 aromatic carbocycles. The molecule has 0 saturated heterocycles. The lowest BCUT2D eigenvalue weighted by Gasteiger charge is -2.23. The van der Waals surface area contributed by atoms with E-state index >= 15 is 0 Å². The lowest BCUT2D eigenvalue weighted by atomic mass is 9.95. The van der Waals surface area contributed by atoms with E-state index in [1.165, 1.54) is 0 Å². The van der Waals surface area contributed by atoms with E-state index in [4.69, 9.17) is 9.47 Å². The first kappa shape index (κ1) is 21.1. The Morgan fingerprint density at radius 1 is 1.08 bits per heavy atom. The number of Topliss-reactive ketones (excluding diaryl/α,β-unsaturated/α-hetero) is 1. The molecule has 0 radical (unpaired) electrons. The average Bonchev–Trinajstić information content (AvgIpc) is 2.48. The number of nitrogens with zero attached hydrogens (tertiary/aromatic N) is 1. The summed E-state index contributed by atoms with van der Waals surface area (Å²) in [6.45, 7) is 12.4. The molecule has 0 bridgehead atoms. The monoisotopic (exact) mass is 351 g/mol. The third-order valence-corrected chi connectivity index (χ3v) is 3.65. The van der Waals surface area contributed by atoms with Gasteiger partial charge in [-0.3, -0.25) is 19.4 Å². The molecule has 1 atom stereocenters. The summed E-state index contributed by atoms with van der Waals surface area (Å²) in [6.07, 6.45) is 2.33. The molecule has 0 amide bonds. The van der Waals surface area contributed by atoms with E-state index in [-0.39, 0.29) is 24.1 Å². The predicted molar refractivity (Wildman–Crippen MR) is 94.9 cm³/mol. The van der Waals surface area contributed by atoms with Gasteiger partial charge in [0.2, 0.25) is 5.78 Å². The first-order valence-electron chi connectivity index (χ1n) is 8.59.